The number of aryl methyl sites for hydroxylation is 2. The summed E-state index contributed by atoms with van der Waals surface area (Å²) in [6.45, 7) is 3.84. The predicted molar refractivity (Wildman–Crippen MR) is 146 cm³/mol. The number of urea groups is 1. The number of halogens is 3. The number of hydrogen-bond acceptors (Lipinski definition) is 6. The first kappa shape index (κ1) is 26.0. The van der Waals surface area contributed by atoms with Crippen molar-refractivity contribution >= 4 is 52.0 Å². The summed E-state index contributed by atoms with van der Waals surface area (Å²) in [6.07, 6.45) is -1.61. The Morgan fingerprint density at radius 3 is 2.49 bits per heavy atom. The van der Waals surface area contributed by atoms with E-state index < -0.39 is 6.36 Å². The van der Waals surface area contributed by atoms with Gasteiger partial charge in [-0.15, -0.1) is 13.2 Å². The minimum atomic E-state index is -4.75. The largest absolute Gasteiger partial charge is 0.573 e. The van der Waals surface area contributed by atoms with Crippen molar-refractivity contribution in [2.45, 2.75) is 20.2 Å². The fourth-order valence-corrected chi connectivity index (χ4v) is 4.43. The molecule has 39 heavy (non-hydrogen) atoms. The van der Waals surface area contributed by atoms with Crippen molar-refractivity contribution in [2.75, 3.05) is 5.32 Å². The number of carbonyl (C=O) groups excluding carboxylic acids is 1. The zero-order valence-electron chi connectivity index (χ0n) is 20.7. The molecule has 198 valence electrons. The number of imidazole rings is 1. The molecule has 0 bridgehead atoms. The third-order valence-corrected chi connectivity index (χ3v) is 6.34. The van der Waals surface area contributed by atoms with E-state index >= 15 is 0 Å². The van der Waals surface area contributed by atoms with E-state index in [9.17, 15) is 18.0 Å². The number of amides is 2. The van der Waals surface area contributed by atoms with Gasteiger partial charge in [0, 0.05) is 16.8 Å². The molecule has 0 fully saturated rings. The minimum Gasteiger partial charge on any atom is -0.406 e. The van der Waals surface area contributed by atoms with Crippen LogP contribution in [-0.2, 0) is 0 Å². The Balaban J connectivity index is 1.27. The van der Waals surface area contributed by atoms with Crippen molar-refractivity contribution in [1.82, 2.24) is 19.3 Å². The number of hydrogen-bond donors (Lipinski definition) is 2. The average molecular weight is 551 g/mol. The molecule has 0 radical (unpaired) electrons. The van der Waals surface area contributed by atoms with Crippen LogP contribution >= 0.6 is 12.1 Å². The van der Waals surface area contributed by atoms with E-state index in [4.69, 9.17) is 0 Å². The number of ether oxygens (including phenoxy) is 1. The summed E-state index contributed by atoms with van der Waals surface area (Å²) in [5.41, 5.74) is 6.06. The second-order valence-corrected chi connectivity index (χ2v) is 9.14. The Bertz CT molecular complexity index is 1680. The van der Waals surface area contributed by atoms with Crippen molar-refractivity contribution in [1.29, 1.82) is 0 Å². The maximum Gasteiger partial charge on any atom is 0.573 e. The second-order valence-electron chi connectivity index (χ2n) is 8.54. The standard InChI is InChI=1S/C27H21F3N6O2S/c1-16-4-3-5-17(2)24(16)34-26(37)35-39-32-14-18-6-11-21-22(33-18)12-13-23-25(21)31-15-36(23)19-7-9-20(10-8-19)38-27(28,29)30/h3-15H,1-2H3,(H2,34,35,37)/b32-14+. The van der Waals surface area contributed by atoms with Gasteiger partial charge < -0.3 is 10.1 Å². The van der Waals surface area contributed by atoms with Crippen LogP contribution in [0.3, 0.4) is 0 Å². The number of carbonyl (C=O) groups is 1. The number of aromatic nitrogens is 3. The number of rotatable bonds is 6. The zero-order chi connectivity index (χ0) is 27.6. The summed E-state index contributed by atoms with van der Waals surface area (Å²) in [6, 6.07) is 18.3. The molecule has 12 heteroatoms. The van der Waals surface area contributed by atoms with Crippen molar-refractivity contribution in [3.8, 4) is 11.4 Å². The highest BCUT2D eigenvalue weighted by Gasteiger charge is 2.31. The Morgan fingerprint density at radius 2 is 1.77 bits per heavy atom. The third-order valence-electron chi connectivity index (χ3n) is 5.85. The third kappa shape index (κ3) is 5.96. The van der Waals surface area contributed by atoms with Gasteiger partial charge in [-0.2, -0.15) is 0 Å². The van der Waals surface area contributed by atoms with Crippen LogP contribution in [0.2, 0.25) is 0 Å². The van der Waals surface area contributed by atoms with E-state index in [2.05, 4.69) is 29.1 Å². The topological polar surface area (TPSA) is 93.4 Å². The molecule has 0 unspecified atom stereocenters. The van der Waals surface area contributed by atoms with Crippen LogP contribution in [0.15, 0.2) is 77.5 Å². The van der Waals surface area contributed by atoms with Gasteiger partial charge in [0.2, 0.25) is 0 Å². The molecule has 5 rings (SSSR count). The number of nitrogens with zero attached hydrogens (tertiary/aromatic N) is 4. The van der Waals surface area contributed by atoms with Crippen molar-refractivity contribution in [3.63, 3.8) is 0 Å². The first-order chi connectivity index (χ1) is 18.7. The van der Waals surface area contributed by atoms with Gasteiger partial charge in [0.15, 0.2) is 0 Å². The van der Waals surface area contributed by atoms with Gasteiger partial charge in [-0.1, -0.05) is 18.2 Å². The van der Waals surface area contributed by atoms with Crippen LogP contribution in [0.4, 0.5) is 23.7 Å². The van der Waals surface area contributed by atoms with Gasteiger partial charge in [0.25, 0.3) is 0 Å². The summed E-state index contributed by atoms with van der Waals surface area (Å²) in [7, 11) is 0. The van der Waals surface area contributed by atoms with E-state index in [1.165, 1.54) is 30.5 Å². The van der Waals surface area contributed by atoms with E-state index in [0.29, 0.717) is 22.4 Å². The first-order valence-corrected chi connectivity index (χ1v) is 12.4. The lowest BCUT2D eigenvalue weighted by atomic mass is 10.1. The number of alkyl halides is 3. The van der Waals surface area contributed by atoms with Gasteiger partial charge in [-0.25, -0.2) is 19.2 Å². The highest BCUT2D eigenvalue weighted by molar-refractivity contribution is 7.96. The molecule has 2 amide bonds. The van der Waals surface area contributed by atoms with Gasteiger partial charge in [-0.05, 0) is 73.5 Å². The molecule has 2 N–H and O–H groups in total. The maximum atomic E-state index is 12.4. The molecule has 5 aromatic rings. The first-order valence-electron chi connectivity index (χ1n) is 11.6. The van der Waals surface area contributed by atoms with Crippen LogP contribution < -0.4 is 14.8 Å². The quantitative estimate of drug-likeness (QED) is 0.177. The molecule has 0 saturated carbocycles. The summed E-state index contributed by atoms with van der Waals surface area (Å²) in [4.78, 5) is 21.3. The number of pyridine rings is 1. The number of para-hydroxylation sites is 1. The highest BCUT2D eigenvalue weighted by atomic mass is 32.2. The molecule has 0 atom stereocenters. The molecule has 2 heterocycles. The number of nitrogens with one attached hydrogen (secondary N) is 2. The fourth-order valence-electron chi connectivity index (χ4n) is 4.09. The van der Waals surface area contributed by atoms with E-state index in [1.807, 2.05) is 50.2 Å². The van der Waals surface area contributed by atoms with Crippen LogP contribution in [-0.4, -0.2) is 33.1 Å². The fraction of sp³-hybridized carbons (Fsp3) is 0.111. The molecule has 2 aromatic heterocycles. The van der Waals surface area contributed by atoms with E-state index in [-0.39, 0.29) is 11.8 Å². The summed E-state index contributed by atoms with van der Waals surface area (Å²) < 4.78 is 49.8. The number of anilines is 1. The van der Waals surface area contributed by atoms with Crippen LogP contribution in [0, 0.1) is 13.8 Å². The minimum absolute atomic E-state index is 0.296. The Kier molecular flexibility index (Phi) is 7.11. The van der Waals surface area contributed by atoms with Gasteiger partial charge >= 0.3 is 12.4 Å². The summed E-state index contributed by atoms with van der Waals surface area (Å²) >= 11 is 0.880. The normalized spacial score (nSPS) is 11.8. The molecular formula is C27H21F3N6O2S. The van der Waals surface area contributed by atoms with Crippen LogP contribution in [0.25, 0.3) is 27.6 Å². The zero-order valence-corrected chi connectivity index (χ0v) is 21.5. The number of benzene rings is 3. The molecule has 0 aliphatic heterocycles. The van der Waals surface area contributed by atoms with Crippen molar-refractivity contribution in [3.05, 3.63) is 89.9 Å². The Hall–Kier alpha value is -4.58. The highest BCUT2D eigenvalue weighted by Crippen LogP contribution is 2.28. The molecule has 0 saturated heterocycles. The number of fused-ring (bicyclic) bond motifs is 3. The summed E-state index contributed by atoms with van der Waals surface area (Å²) in [5.74, 6) is -0.296. The Morgan fingerprint density at radius 1 is 1.03 bits per heavy atom. The second kappa shape index (κ2) is 10.7. The predicted octanol–water partition coefficient (Wildman–Crippen LogP) is 6.89. The maximum absolute atomic E-state index is 12.4. The average Bonchev–Trinajstić information content (AvgIpc) is 3.33. The van der Waals surface area contributed by atoms with Gasteiger partial charge in [-0.3, -0.25) is 9.29 Å². The lowest BCUT2D eigenvalue weighted by Gasteiger charge is -2.10. The molecule has 0 aliphatic carbocycles. The molecule has 0 spiro atoms. The van der Waals surface area contributed by atoms with Gasteiger partial charge in [0.1, 0.15) is 12.1 Å². The summed E-state index contributed by atoms with van der Waals surface area (Å²) in [5, 5.41) is 3.63. The molecule has 3 aromatic carbocycles. The smallest absolute Gasteiger partial charge is 0.406 e. The van der Waals surface area contributed by atoms with E-state index in [0.717, 1.165) is 39.9 Å². The molecule has 0 aliphatic rings. The van der Waals surface area contributed by atoms with E-state index in [1.54, 1.807) is 17.0 Å². The van der Waals surface area contributed by atoms with Gasteiger partial charge in [0.05, 0.1) is 40.6 Å². The SMILES string of the molecule is Cc1cccc(C)c1NC(=O)NS/N=C/c1ccc2c(ccc3c2ncn3-c2ccc(OC(F)(F)F)cc2)n1. The van der Waals surface area contributed by atoms with Crippen LogP contribution in [0.5, 0.6) is 5.75 Å². The molecule has 8 nitrogen and oxygen atoms in total. The van der Waals surface area contributed by atoms with Crippen molar-refractivity contribution in [2.24, 2.45) is 4.40 Å². The van der Waals surface area contributed by atoms with Crippen LogP contribution in [0.1, 0.15) is 16.8 Å². The lowest BCUT2D eigenvalue weighted by Crippen LogP contribution is -2.23. The van der Waals surface area contributed by atoms with Crippen molar-refractivity contribution < 1.29 is 22.7 Å². The monoisotopic (exact) mass is 550 g/mol. The lowest BCUT2D eigenvalue weighted by molar-refractivity contribution is -0.274. The molecular weight excluding hydrogens is 529 g/mol. The Labute approximate surface area is 225 Å².